The summed E-state index contributed by atoms with van der Waals surface area (Å²) >= 11 is 6.19. The molecule has 0 fully saturated rings. The molecule has 0 radical (unpaired) electrons. The Morgan fingerprint density at radius 1 is 0.920 bits per heavy atom. The first kappa shape index (κ1) is 17.2. The highest BCUT2D eigenvalue weighted by Gasteiger charge is 2.20. The number of aryl methyl sites for hydroxylation is 2. The van der Waals surface area contributed by atoms with Crippen LogP contribution in [-0.2, 0) is 0 Å². The molecule has 0 spiro atoms. The number of amides is 1. The number of carbonyl (C=O) groups is 1. The number of halogens is 1. The Kier molecular flexibility index (Phi) is 5.20. The highest BCUT2D eigenvalue weighted by molar-refractivity contribution is 6.33. The fourth-order valence-electron chi connectivity index (χ4n) is 2.91. The van der Waals surface area contributed by atoms with E-state index < -0.39 is 0 Å². The molecule has 1 unspecified atom stereocenters. The third-order valence-electron chi connectivity index (χ3n) is 4.27. The Hall–Kier alpha value is -2.58. The second-order valence-electron chi connectivity index (χ2n) is 6.16. The van der Waals surface area contributed by atoms with E-state index in [0.29, 0.717) is 10.6 Å². The number of nitrogens with one attached hydrogen (secondary N) is 1. The minimum absolute atomic E-state index is 0.180. The monoisotopic (exact) mass is 349 g/mol. The van der Waals surface area contributed by atoms with Gasteiger partial charge in [0.1, 0.15) is 0 Å². The lowest BCUT2D eigenvalue weighted by atomic mass is 9.93. The maximum absolute atomic E-state index is 12.8. The van der Waals surface area contributed by atoms with Gasteiger partial charge in [0, 0.05) is 0 Å². The van der Waals surface area contributed by atoms with Crippen molar-refractivity contribution in [2.75, 3.05) is 0 Å². The zero-order chi connectivity index (χ0) is 17.8. The van der Waals surface area contributed by atoms with Crippen molar-refractivity contribution in [3.05, 3.63) is 106 Å². The zero-order valence-corrected chi connectivity index (χ0v) is 15.0. The van der Waals surface area contributed by atoms with E-state index in [0.717, 1.165) is 22.3 Å². The highest BCUT2D eigenvalue weighted by Crippen LogP contribution is 2.27. The minimum atomic E-state index is -0.232. The molecule has 0 bridgehead atoms. The molecule has 0 heterocycles. The van der Waals surface area contributed by atoms with Crippen LogP contribution in [0.5, 0.6) is 0 Å². The molecule has 0 saturated carbocycles. The zero-order valence-electron chi connectivity index (χ0n) is 14.3. The van der Waals surface area contributed by atoms with Gasteiger partial charge in [0.15, 0.2) is 0 Å². The molecule has 126 valence electrons. The maximum atomic E-state index is 12.8. The number of hydrogen-bond donors (Lipinski definition) is 1. The summed E-state index contributed by atoms with van der Waals surface area (Å²) in [5, 5.41) is 3.60. The lowest BCUT2D eigenvalue weighted by Gasteiger charge is -2.22. The molecule has 0 aliphatic rings. The molecule has 0 aliphatic heterocycles. The third kappa shape index (κ3) is 3.92. The van der Waals surface area contributed by atoms with Gasteiger partial charge in [0.05, 0.1) is 16.6 Å². The van der Waals surface area contributed by atoms with Gasteiger partial charge >= 0.3 is 0 Å². The third-order valence-corrected chi connectivity index (χ3v) is 4.60. The molecule has 3 aromatic carbocycles. The van der Waals surface area contributed by atoms with Gasteiger partial charge < -0.3 is 5.32 Å². The highest BCUT2D eigenvalue weighted by atomic mass is 35.5. The molecule has 0 saturated heterocycles. The molecule has 1 atom stereocenters. The molecule has 1 N–H and O–H groups in total. The van der Waals surface area contributed by atoms with Gasteiger partial charge in [-0.1, -0.05) is 77.8 Å². The van der Waals surface area contributed by atoms with Crippen LogP contribution in [0.2, 0.25) is 5.02 Å². The summed E-state index contributed by atoms with van der Waals surface area (Å²) in [4.78, 5) is 12.8. The van der Waals surface area contributed by atoms with Crippen LogP contribution in [-0.4, -0.2) is 5.91 Å². The SMILES string of the molecule is Cc1ccc(C)c(C(NC(=O)c2ccccc2Cl)c2ccccc2)c1. The van der Waals surface area contributed by atoms with Gasteiger partial charge in [-0.3, -0.25) is 4.79 Å². The molecule has 3 aromatic rings. The lowest BCUT2D eigenvalue weighted by molar-refractivity contribution is 0.0943. The van der Waals surface area contributed by atoms with Crippen molar-refractivity contribution < 1.29 is 4.79 Å². The summed E-state index contributed by atoms with van der Waals surface area (Å²) in [5.74, 6) is -0.180. The van der Waals surface area contributed by atoms with Crippen molar-refractivity contribution in [2.45, 2.75) is 19.9 Å². The van der Waals surface area contributed by atoms with Crippen LogP contribution in [0.1, 0.15) is 38.7 Å². The van der Waals surface area contributed by atoms with E-state index in [1.807, 2.05) is 42.5 Å². The van der Waals surface area contributed by atoms with Crippen molar-refractivity contribution >= 4 is 17.5 Å². The molecular formula is C22H20ClNO. The van der Waals surface area contributed by atoms with Crippen LogP contribution in [0.3, 0.4) is 0 Å². The number of benzene rings is 3. The Labute approximate surface area is 153 Å². The quantitative estimate of drug-likeness (QED) is 0.664. The standard InChI is InChI=1S/C22H20ClNO/c1-15-12-13-16(2)19(14-15)21(17-8-4-3-5-9-17)24-22(25)18-10-6-7-11-20(18)23/h3-14,21H,1-2H3,(H,24,25). The fourth-order valence-corrected chi connectivity index (χ4v) is 3.13. The van der Waals surface area contributed by atoms with E-state index in [-0.39, 0.29) is 11.9 Å². The van der Waals surface area contributed by atoms with Gasteiger partial charge in [-0.2, -0.15) is 0 Å². The van der Waals surface area contributed by atoms with Gasteiger partial charge in [-0.25, -0.2) is 0 Å². The summed E-state index contributed by atoms with van der Waals surface area (Å²) in [6, 6.07) is 23.1. The van der Waals surface area contributed by atoms with Crippen LogP contribution in [0.25, 0.3) is 0 Å². The first-order chi connectivity index (χ1) is 12.1. The number of hydrogen-bond acceptors (Lipinski definition) is 1. The van der Waals surface area contributed by atoms with Crippen LogP contribution in [0, 0.1) is 13.8 Å². The average molecular weight is 350 g/mol. The minimum Gasteiger partial charge on any atom is -0.341 e. The average Bonchev–Trinajstić information content (AvgIpc) is 2.63. The van der Waals surface area contributed by atoms with Crippen LogP contribution >= 0.6 is 11.6 Å². The molecule has 1 amide bonds. The number of carbonyl (C=O) groups excluding carboxylic acids is 1. The van der Waals surface area contributed by atoms with Gasteiger partial charge in [-0.05, 0) is 42.7 Å². The molecule has 3 heteroatoms. The van der Waals surface area contributed by atoms with Gasteiger partial charge in [0.25, 0.3) is 5.91 Å². The van der Waals surface area contributed by atoms with E-state index in [1.165, 1.54) is 0 Å². The molecule has 3 rings (SSSR count). The Morgan fingerprint density at radius 3 is 2.32 bits per heavy atom. The largest absolute Gasteiger partial charge is 0.341 e. The molecule has 0 aliphatic carbocycles. The van der Waals surface area contributed by atoms with Crippen molar-refractivity contribution in [2.24, 2.45) is 0 Å². The predicted molar refractivity (Wildman–Crippen MR) is 103 cm³/mol. The summed E-state index contributed by atoms with van der Waals surface area (Å²) in [5.41, 5.74) is 4.91. The van der Waals surface area contributed by atoms with Crippen molar-refractivity contribution in [3.8, 4) is 0 Å². The van der Waals surface area contributed by atoms with Gasteiger partial charge in [0.2, 0.25) is 0 Å². The van der Waals surface area contributed by atoms with Crippen LogP contribution in [0.15, 0.2) is 72.8 Å². The Balaban J connectivity index is 2.02. The smallest absolute Gasteiger partial charge is 0.253 e. The molecule has 25 heavy (non-hydrogen) atoms. The summed E-state index contributed by atoms with van der Waals surface area (Å²) in [6.45, 7) is 4.12. The van der Waals surface area contributed by atoms with Gasteiger partial charge in [-0.15, -0.1) is 0 Å². The Morgan fingerprint density at radius 2 is 1.60 bits per heavy atom. The van der Waals surface area contributed by atoms with Crippen molar-refractivity contribution in [3.63, 3.8) is 0 Å². The number of rotatable bonds is 4. The fraction of sp³-hybridized carbons (Fsp3) is 0.136. The molecule has 2 nitrogen and oxygen atoms in total. The predicted octanol–water partition coefficient (Wildman–Crippen LogP) is 5.48. The van der Waals surface area contributed by atoms with Crippen molar-refractivity contribution in [1.29, 1.82) is 0 Å². The summed E-state index contributed by atoms with van der Waals surface area (Å²) in [6.07, 6.45) is 0. The molecular weight excluding hydrogens is 330 g/mol. The topological polar surface area (TPSA) is 29.1 Å². The van der Waals surface area contributed by atoms with E-state index in [2.05, 4.69) is 37.4 Å². The second-order valence-corrected chi connectivity index (χ2v) is 6.56. The normalized spacial score (nSPS) is 11.8. The first-order valence-electron chi connectivity index (χ1n) is 8.24. The summed E-state index contributed by atoms with van der Waals surface area (Å²) < 4.78 is 0. The van der Waals surface area contributed by atoms with Crippen molar-refractivity contribution in [1.82, 2.24) is 5.32 Å². The summed E-state index contributed by atoms with van der Waals surface area (Å²) in [7, 11) is 0. The van der Waals surface area contributed by atoms with E-state index in [4.69, 9.17) is 11.6 Å². The van der Waals surface area contributed by atoms with E-state index in [1.54, 1.807) is 12.1 Å². The maximum Gasteiger partial charge on any atom is 0.253 e. The van der Waals surface area contributed by atoms with Crippen LogP contribution in [0.4, 0.5) is 0 Å². The molecule has 0 aromatic heterocycles. The van der Waals surface area contributed by atoms with Crippen LogP contribution < -0.4 is 5.32 Å². The lowest BCUT2D eigenvalue weighted by Crippen LogP contribution is -2.30. The second kappa shape index (κ2) is 7.54. The van der Waals surface area contributed by atoms with E-state index >= 15 is 0 Å². The first-order valence-corrected chi connectivity index (χ1v) is 8.61. The van der Waals surface area contributed by atoms with E-state index in [9.17, 15) is 4.79 Å². The Bertz CT molecular complexity index is 890.